The van der Waals surface area contributed by atoms with Crippen LogP contribution in [0.4, 0.5) is 10.7 Å². The molecule has 0 radical (unpaired) electrons. The van der Waals surface area contributed by atoms with Gasteiger partial charge in [-0.3, -0.25) is 0 Å². The Bertz CT molecular complexity index is 924. The molecule has 0 aliphatic rings. The van der Waals surface area contributed by atoms with Crippen molar-refractivity contribution in [3.05, 3.63) is 35.7 Å². The number of aliphatic hydroxyl groups is 1. The third-order valence-electron chi connectivity index (χ3n) is 3.20. The molecule has 10 nitrogen and oxygen atoms in total. The zero-order chi connectivity index (χ0) is 19.5. The summed E-state index contributed by atoms with van der Waals surface area (Å²) in [6, 6.07) is 2.84. The summed E-state index contributed by atoms with van der Waals surface area (Å²) in [4.78, 5) is 23.5. The Morgan fingerprint density at radius 1 is 1.46 bits per heavy atom. The van der Waals surface area contributed by atoms with Crippen LogP contribution in [0.25, 0.3) is 0 Å². The Kier molecular flexibility index (Phi) is 5.95. The quantitative estimate of drug-likeness (QED) is 0.673. The maximum Gasteiger partial charge on any atom is 0.336 e. The topological polar surface area (TPSA) is 149 Å². The van der Waals surface area contributed by atoms with E-state index >= 15 is 0 Å². The fraction of sp³-hybridized carbons (Fsp3) is 0.286. The number of amides is 2. The highest BCUT2D eigenvalue weighted by molar-refractivity contribution is 7.93. The first-order valence-corrected chi connectivity index (χ1v) is 9.13. The van der Waals surface area contributed by atoms with Crippen LogP contribution in [0.1, 0.15) is 17.4 Å². The number of primary amides is 1. The number of pyridine rings is 1. The van der Waals surface area contributed by atoms with Crippen LogP contribution in [-0.2, 0) is 10.0 Å². The highest BCUT2D eigenvalue weighted by Crippen LogP contribution is 2.27. The molecule has 2 heterocycles. The van der Waals surface area contributed by atoms with Crippen molar-refractivity contribution in [1.29, 1.82) is 0 Å². The molecule has 0 aromatic carbocycles. The minimum atomic E-state index is -4.63. The molecule has 1 unspecified atom stereocenters. The van der Waals surface area contributed by atoms with Crippen LogP contribution in [0.2, 0.25) is 0 Å². The van der Waals surface area contributed by atoms with Crippen LogP contribution in [-0.4, -0.2) is 47.5 Å². The lowest BCUT2D eigenvalue weighted by Gasteiger charge is -2.20. The molecule has 12 heteroatoms. The molecule has 0 saturated heterocycles. The van der Waals surface area contributed by atoms with E-state index in [1.165, 1.54) is 31.5 Å². The minimum Gasteiger partial charge on any atom is -0.481 e. The van der Waals surface area contributed by atoms with Gasteiger partial charge in [0.1, 0.15) is 0 Å². The van der Waals surface area contributed by atoms with E-state index in [1.807, 2.05) is 0 Å². The Morgan fingerprint density at radius 3 is 2.73 bits per heavy atom. The first-order chi connectivity index (χ1) is 12.2. The van der Waals surface area contributed by atoms with Gasteiger partial charge in [-0.05, 0) is 13.0 Å². The first-order valence-electron chi connectivity index (χ1n) is 7.15. The number of nitrogens with two attached hydrogens (primary N) is 1. The van der Waals surface area contributed by atoms with Gasteiger partial charge in [0.25, 0.3) is 16.0 Å². The number of sulfonamides is 1. The summed E-state index contributed by atoms with van der Waals surface area (Å²) in [6.45, 7) is 1.56. The van der Waals surface area contributed by atoms with Gasteiger partial charge in [0, 0.05) is 23.5 Å². The second kappa shape index (κ2) is 7.81. The SMILES string of the molecule is COc1cc(C)nc(N(C(N)=O)S(=O)(=O)c2ncccc2C(O)CCl)n1. The molecule has 3 N–H and O–H groups in total. The lowest BCUT2D eigenvalue weighted by molar-refractivity contribution is 0.198. The number of aryl methyl sites for hydroxylation is 1. The van der Waals surface area contributed by atoms with Crippen LogP contribution in [0, 0.1) is 6.92 Å². The van der Waals surface area contributed by atoms with Crippen LogP contribution >= 0.6 is 11.6 Å². The van der Waals surface area contributed by atoms with Gasteiger partial charge in [0.05, 0.1) is 19.1 Å². The molecule has 0 fully saturated rings. The van der Waals surface area contributed by atoms with Gasteiger partial charge in [-0.15, -0.1) is 15.9 Å². The third kappa shape index (κ3) is 3.84. The highest BCUT2D eigenvalue weighted by atomic mass is 35.5. The van der Waals surface area contributed by atoms with E-state index in [4.69, 9.17) is 22.1 Å². The molecule has 1 atom stereocenters. The van der Waals surface area contributed by atoms with Crippen LogP contribution in [0.3, 0.4) is 0 Å². The van der Waals surface area contributed by atoms with Crippen LogP contribution < -0.4 is 14.8 Å². The zero-order valence-electron chi connectivity index (χ0n) is 13.8. The molecule has 2 aromatic heterocycles. The van der Waals surface area contributed by atoms with Gasteiger partial charge in [0.2, 0.25) is 5.88 Å². The number of aromatic nitrogens is 3. The van der Waals surface area contributed by atoms with Crippen molar-refractivity contribution in [1.82, 2.24) is 15.0 Å². The number of alkyl halides is 1. The maximum absolute atomic E-state index is 13.0. The molecule has 2 aromatic rings. The molecule has 26 heavy (non-hydrogen) atoms. The summed E-state index contributed by atoms with van der Waals surface area (Å²) < 4.78 is 31.2. The van der Waals surface area contributed by atoms with E-state index in [1.54, 1.807) is 6.92 Å². The second-order valence-electron chi connectivity index (χ2n) is 5.03. The molecule has 0 bridgehead atoms. The Balaban J connectivity index is 2.69. The predicted molar refractivity (Wildman–Crippen MR) is 92.5 cm³/mol. The minimum absolute atomic E-state index is 0.0380. The van der Waals surface area contributed by atoms with Crippen LogP contribution in [0.15, 0.2) is 29.4 Å². The number of urea groups is 1. The fourth-order valence-corrected chi connectivity index (χ4v) is 3.66. The third-order valence-corrected chi connectivity index (χ3v) is 5.15. The normalized spacial score (nSPS) is 12.5. The smallest absolute Gasteiger partial charge is 0.336 e. The van der Waals surface area contributed by atoms with E-state index < -0.39 is 33.1 Å². The van der Waals surface area contributed by atoms with Gasteiger partial charge in [-0.25, -0.2) is 14.8 Å². The largest absolute Gasteiger partial charge is 0.481 e. The van der Waals surface area contributed by atoms with Gasteiger partial charge in [-0.2, -0.15) is 13.4 Å². The monoisotopic (exact) mass is 401 g/mol. The van der Waals surface area contributed by atoms with E-state index in [0.29, 0.717) is 5.69 Å². The maximum atomic E-state index is 13.0. The first kappa shape index (κ1) is 19.8. The summed E-state index contributed by atoms with van der Waals surface area (Å²) in [5.41, 5.74) is 5.52. The summed E-state index contributed by atoms with van der Waals surface area (Å²) in [5, 5.41) is 9.38. The zero-order valence-corrected chi connectivity index (χ0v) is 15.4. The molecule has 140 valence electrons. The summed E-state index contributed by atoms with van der Waals surface area (Å²) in [7, 11) is -3.31. The Labute approximate surface area is 154 Å². The van der Waals surface area contributed by atoms with Crippen LogP contribution in [0.5, 0.6) is 5.88 Å². The number of rotatable bonds is 6. The van der Waals surface area contributed by atoms with E-state index in [2.05, 4.69) is 15.0 Å². The number of hydrogen-bond acceptors (Lipinski definition) is 8. The van der Waals surface area contributed by atoms with Gasteiger partial charge >= 0.3 is 6.03 Å². The number of halogens is 1. The number of hydrogen-bond donors (Lipinski definition) is 2. The number of ether oxygens (including phenoxy) is 1. The molecule has 0 spiro atoms. The van der Waals surface area contributed by atoms with Gasteiger partial charge in [0.15, 0.2) is 5.03 Å². The average Bonchev–Trinajstić information content (AvgIpc) is 2.60. The molecule has 0 aliphatic heterocycles. The van der Waals surface area contributed by atoms with Crippen molar-refractivity contribution in [2.75, 3.05) is 17.3 Å². The van der Waals surface area contributed by atoms with Crippen molar-refractivity contribution in [2.45, 2.75) is 18.1 Å². The average molecular weight is 402 g/mol. The van der Waals surface area contributed by atoms with E-state index in [9.17, 15) is 18.3 Å². The van der Waals surface area contributed by atoms with Crippen molar-refractivity contribution >= 4 is 33.6 Å². The van der Waals surface area contributed by atoms with Crippen molar-refractivity contribution in [2.24, 2.45) is 5.73 Å². The van der Waals surface area contributed by atoms with Gasteiger partial charge in [-0.1, -0.05) is 6.07 Å². The second-order valence-corrected chi connectivity index (χ2v) is 7.04. The van der Waals surface area contributed by atoms with Crippen molar-refractivity contribution < 1.29 is 23.1 Å². The molecule has 0 aliphatic carbocycles. The Hall–Kier alpha value is -2.50. The fourth-order valence-electron chi connectivity index (χ4n) is 2.09. The van der Waals surface area contributed by atoms with Crippen molar-refractivity contribution in [3.63, 3.8) is 0 Å². The number of aliphatic hydroxyl groups excluding tert-OH is 1. The number of nitrogens with zero attached hydrogens (tertiary/aromatic N) is 4. The number of anilines is 1. The van der Waals surface area contributed by atoms with E-state index in [-0.39, 0.29) is 21.6 Å². The van der Waals surface area contributed by atoms with Gasteiger partial charge < -0.3 is 15.6 Å². The molecule has 2 amide bonds. The molecule has 2 rings (SSSR count). The van der Waals surface area contributed by atoms with E-state index in [0.717, 1.165) is 0 Å². The number of carbonyl (C=O) groups is 1. The summed E-state index contributed by atoms with van der Waals surface area (Å²) in [5.74, 6) is -0.748. The lowest BCUT2D eigenvalue weighted by Crippen LogP contribution is -2.42. The molecule has 0 saturated carbocycles. The highest BCUT2D eigenvalue weighted by Gasteiger charge is 2.36. The molecular formula is C14H16ClN5O5S. The lowest BCUT2D eigenvalue weighted by atomic mass is 10.2. The standard InChI is InChI=1S/C14H16ClN5O5S/c1-8-6-11(25-2)19-14(18-8)20(13(16)22)26(23,24)12-9(10(21)7-15)4-3-5-17-12/h3-6,10,21H,7H2,1-2H3,(H2,16,22). The number of carbonyl (C=O) groups excluding carboxylic acids is 1. The molecular weight excluding hydrogens is 386 g/mol. The predicted octanol–water partition coefficient (Wildman–Crippen LogP) is 0.735. The summed E-state index contributed by atoms with van der Waals surface area (Å²) >= 11 is 5.61. The number of methoxy groups -OCH3 is 1. The summed E-state index contributed by atoms with van der Waals surface area (Å²) in [6.07, 6.45) is -0.133. The van der Waals surface area contributed by atoms with Crippen molar-refractivity contribution in [3.8, 4) is 5.88 Å². The Morgan fingerprint density at radius 2 is 2.15 bits per heavy atom.